The molecule has 3 atom stereocenters. The number of hydrogen-bond donors (Lipinski definition) is 2. The molecule has 2 aliphatic rings. The molecule has 5 nitrogen and oxygen atoms in total. The molecule has 1 saturated carbocycles. The largest absolute Gasteiger partial charge is 0.367 e. The summed E-state index contributed by atoms with van der Waals surface area (Å²) in [6, 6.07) is 4.58. The van der Waals surface area contributed by atoms with E-state index in [1.165, 1.54) is 0 Å². The zero-order valence-corrected chi connectivity index (χ0v) is 13.3. The fourth-order valence-corrected chi connectivity index (χ4v) is 3.55. The fraction of sp³-hybridized carbons (Fsp3) is 0.647. The zero-order valence-electron chi connectivity index (χ0n) is 13.3. The summed E-state index contributed by atoms with van der Waals surface area (Å²) in [5.41, 5.74) is 7.08. The molecule has 5 heteroatoms. The Bertz CT molecular complexity index is 516. The predicted octanol–water partition coefficient (Wildman–Crippen LogP) is 1.92. The monoisotopic (exact) mass is 302 g/mol. The van der Waals surface area contributed by atoms with Gasteiger partial charge in [-0.15, -0.1) is 0 Å². The number of rotatable bonds is 3. The van der Waals surface area contributed by atoms with E-state index < -0.39 is 0 Å². The highest BCUT2D eigenvalue weighted by molar-refractivity contribution is 5.79. The number of nitrogens with one attached hydrogen (secondary N) is 1. The summed E-state index contributed by atoms with van der Waals surface area (Å²) in [5.74, 6) is 1.35. The van der Waals surface area contributed by atoms with Crippen LogP contribution < -0.4 is 11.1 Å². The van der Waals surface area contributed by atoms with Crippen molar-refractivity contribution in [2.75, 3.05) is 18.4 Å². The van der Waals surface area contributed by atoms with Crippen molar-refractivity contribution in [1.29, 1.82) is 0 Å². The first-order valence-corrected chi connectivity index (χ1v) is 8.35. The summed E-state index contributed by atoms with van der Waals surface area (Å²) < 4.78 is 0. The van der Waals surface area contributed by atoms with E-state index in [0.717, 1.165) is 56.6 Å². The maximum Gasteiger partial charge on any atom is 0.225 e. The third-order valence-corrected chi connectivity index (χ3v) is 4.82. The average Bonchev–Trinajstić information content (AvgIpc) is 2.96. The number of likely N-dealkylation sites (tertiary alicyclic amines) is 1. The molecular formula is C17H26N4O. The van der Waals surface area contributed by atoms with Crippen molar-refractivity contribution in [2.24, 2.45) is 11.7 Å². The first kappa shape index (κ1) is 15.3. The second-order valence-electron chi connectivity index (χ2n) is 6.76. The Balaban J connectivity index is 1.57. The van der Waals surface area contributed by atoms with E-state index in [1.807, 2.05) is 24.1 Å². The number of anilines is 1. The Kier molecular flexibility index (Phi) is 4.62. The maximum atomic E-state index is 12.6. The Hall–Kier alpha value is -1.62. The Labute approximate surface area is 132 Å². The highest BCUT2D eigenvalue weighted by atomic mass is 16.2. The second-order valence-corrected chi connectivity index (χ2v) is 6.76. The minimum Gasteiger partial charge on any atom is -0.367 e. The molecule has 1 unspecified atom stereocenters. The van der Waals surface area contributed by atoms with E-state index in [2.05, 4.69) is 16.4 Å². The first-order valence-electron chi connectivity index (χ1n) is 8.35. The smallest absolute Gasteiger partial charge is 0.225 e. The molecule has 1 aliphatic heterocycles. The summed E-state index contributed by atoms with van der Waals surface area (Å²) in [5, 5.41) is 3.49. The van der Waals surface area contributed by atoms with Crippen LogP contribution in [0.5, 0.6) is 0 Å². The van der Waals surface area contributed by atoms with Gasteiger partial charge in [0.05, 0.1) is 0 Å². The van der Waals surface area contributed by atoms with Crippen LogP contribution in [0.2, 0.25) is 0 Å². The second kappa shape index (κ2) is 6.65. The first-order chi connectivity index (χ1) is 10.6. The third kappa shape index (κ3) is 3.58. The molecule has 1 aliphatic carbocycles. The molecule has 0 bridgehead atoms. The molecular weight excluding hydrogens is 276 g/mol. The molecule has 22 heavy (non-hydrogen) atoms. The lowest BCUT2D eigenvalue weighted by Gasteiger charge is -2.31. The minimum absolute atomic E-state index is 0.141. The Morgan fingerprint density at radius 1 is 1.36 bits per heavy atom. The van der Waals surface area contributed by atoms with Crippen molar-refractivity contribution in [2.45, 2.75) is 51.1 Å². The van der Waals surface area contributed by atoms with Crippen molar-refractivity contribution in [3.8, 4) is 0 Å². The van der Waals surface area contributed by atoms with E-state index in [1.54, 1.807) is 0 Å². The molecule has 1 saturated heterocycles. The summed E-state index contributed by atoms with van der Waals surface area (Å²) in [6.07, 6.45) is 6.93. The van der Waals surface area contributed by atoms with Gasteiger partial charge in [-0.25, -0.2) is 4.98 Å². The van der Waals surface area contributed by atoms with Gasteiger partial charge in [0.15, 0.2) is 0 Å². The van der Waals surface area contributed by atoms with Crippen molar-refractivity contribution >= 4 is 11.7 Å². The predicted molar refractivity (Wildman–Crippen MR) is 87.5 cm³/mol. The van der Waals surface area contributed by atoms with Crippen LogP contribution in [0.1, 0.15) is 37.7 Å². The Morgan fingerprint density at radius 2 is 2.23 bits per heavy atom. The highest BCUT2D eigenvalue weighted by Crippen LogP contribution is 2.28. The van der Waals surface area contributed by atoms with Crippen LogP contribution in [-0.2, 0) is 4.79 Å². The molecule has 2 fully saturated rings. The molecule has 1 amide bonds. The maximum absolute atomic E-state index is 12.6. The van der Waals surface area contributed by atoms with Crippen LogP contribution in [-0.4, -0.2) is 41.0 Å². The number of aromatic nitrogens is 1. The van der Waals surface area contributed by atoms with Gasteiger partial charge in [-0.3, -0.25) is 4.79 Å². The molecule has 120 valence electrons. The third-order valence-electron chi connectivity index (χ3n) is 4.82. The lowest BCUT2D eigenvalue weighted by Crippen LogP contribution is -2.40. The van der Waals surface area contributed by atoms with Gasteiger partial charge in [0, 0.05) is 37.3 Å². The number of hydrogen-bond acceptors (Lipinski definition) is 4. The molecule has 2 heterocycles. The summed E-state index contributed by atoms with van der Waals surface area (Å²) in [4.78, 5) is 19.0. The number of nitrogens with zero attached hydrogens (tertiary/aromatic N) is 2. The van der Waals surface area contributed by atoms with Crippen molar-refractivity contribution in [3.05, 3.63) is 23.9 Å². The van der Waals surface area contributed by atoms with Gasteiger partial charge in [-0.05, 0) is 44.2 Å². The number of nitrogens with two attached hydrogens (primary N) is 1. The summed E-state index contributed by atoms with van der Waals surface area (Å²) in [6.45, 7) is 3.59. The van der Waals surface area contributed by atoms with Crippen molar-refractivity contribution < 1.29 is 4.79 Å². The molecule has 3 N–H and O–H groups in total. The molecule has 0 spiro atoms. The van der Waals surface area contributed by atoms with Gasteiger partial charge in [0.25, 0.3) is 0 Å². The lowest BCUT2D eigenvalue weighted by molar-refractivity contribution is -0.135. The number of carbonyl (C=O) groups is 1. The average molecular weight is 302 g/mol. The quantitative estimate of drug-likeness (QED) is 0.895. The fourth-order valence-electron chi connectivity index (χ4n) is 3.55. The van der Waals surface area contributed by atoms with Crippen LogP contribution in [0.4, 0.5) is 5.82 Å². The van der Waals surface area contributed by atoms with Gasteiger partial charge < -0.3 is 16.0 Å². The van der Waals surface area contributed by atoms with Gasteiger partial charge in [0.2, 0.25) is 5.91 Å². The number of aryl methyl sites for hydroxylation is 1. The number of pyridine rings is 1. The van der Waals surface area contributed by atoms with E-state index in [9.17, 15) is 4.79 Å². The van der Waals surface area contributed by atoms with Crippen LogP contribution in [0.3, 0.4) is 0 Å². The SMILES string of the molecule is Cc1ccc(N[C@@H]2CCC[C@H](C(=O)N3CCC(N)C3)C2)nc1. The molecule has 0 radical (unpaired) electrons. The van der Waals surface area contributed by atoms with E-state index in [4.69, 9.17) is 5.73 Å². The van der Waals surface area contributed by atoms with E-state index >= 15 is 0 Å². The molecule has 3 rings (SSSR count). The van der Waals surface area contributed by atoms with Crippen LogP contribution in [0.15, 0.2) is 18.3 Å². The normalized spacial score (nSPS) is 28.6. The summed E-state index contributed by atoms with van der Waals surface area (Å²) in [7, 11) is 0. The number of carbonyl (C=O) groups excluding carboxylic acids is 1. The van der Waals surface area contributed by atoms with Crippen molar-refractivity contribution in [1.82, 2.24) is 9.88 Å². The highest BCUT2D eigenvalue weighted by Gasteiger charge is 2.33. The van der Waals surface area contributed by atoms with Crippen LogP contribution in [0, 0.1) is 12.8 Å². The molecule has 0 aromatic carbocycles. The van der Waals surface area contributed by atoms with Gasteiger partial charge in [-0.1, -0.05) is 12.5 Å². The standard InChI is InChI=1S/C17H26N4O/c1-12-5-6-16(19-10-12)20-15-4-2-3-13(9-15)17(22)21-8-7-14(18)11-21/h5-6,10,13-15H,2-4,7-9,11,18H2,1H3,(H,19,20)/t13-,14?,15+/m0/s1. The van der Waals surface area contributed by atoms with Crippen LogP contribution in [0.25, 0.3) is 0 Å². The Morgan fingerprint density at radius 3 is 2.91 bits per heavy atom. The topological polar surface area (TPSA) is 71.2 Å². The van der Waals surface area contributed by atoms with Gasteiger partial charge >= 0.3 is 0 Å². The summed E-state index contributed by atoms with van der Waals surface area (Å²) >= 11 is 0. The van der Waals surface area contributed by atoms with Gasteiger partial charge in [-0.2, -0.15) is 0 Å². The lowest BCUT2D eigenvalue weighted by atomic mass is 9.84. The van der Waals surface area contributed by atoms with Crippen LogP contribution >= 0.6 is 0 Å². The number of amides is 1. The van der Waals surface area contributed by atoms with Gasteiger partial charge in [0.1, 0.15) is 5.82 Å². The molecule has 1 aromatic heterocycles. The zero-order chi connectivity index (χ0) is 15.5. The van der Waals surface area contributed by atoms with E-state index in [0.29, 0.717) is 11.9 Å². The van der Waals surface area contributed by atoms with E-state index in [-0.39, 0.29) is 12.0 Å². The molecule has 1 aromatic rings. The minimum atomic E-state index is 0.141. The van der Waals surface area contributed by atoms with Crippen molar-refractivity contribution in [3.63, 3.8) is 0 Å².